The Kier molecular flexibility index (Phi) is 4.96. The van der Waals surface area contributed by atoms with E-state index in [1.165, 1.54) is 12.1 Å². The molecule has 0 aromatic heterocycles. The third kappa shape index (κ3) is 3.35. The molecule has 1 aliphatic carbocycles. The number of fused-ring (bicyclic) bond motifs is 1. The van der Waals surface area contributed by atoms with Gasteiger partial charge in [0.25, 0.3) is 0 Å². The lowest BCUT2D eigenvalue weighted by atomic mass is 9.81. The maximum Gasteiger partial charge on any atom is 0.244 e. The van der Waals surface area contributed by atoms with E-state index in [0.29, 0.717) is 18.5 Å². The number of alkyl halides is 2. The van der Waals surface area contributed by atoms with E-state index in [9.17, 15) is 19.5 Å². The van der Waals surface area contributed by atoms with Crippen molar-refractivity contribution in [2.45, 2.75) is 22.5 Å². The first-order chi connectivity index (χ1) is 11.4. The van der Waals surface area contributed by atoms with Crippen molar-refractivity contribution in [3.8, 4) is 5.75 Å². The van der Waals surface area contributed by atoms with Gasteiger partial charge in [0.2, 0.25) is 17.7 Å². The molecule has 1 heterocycles. The smallest absolute Gasteiger partial charge is 0.244 e. The number of nitrogens with zero attached hydrogens (tertiary/aromatic N) is 1. The van der Waals surface area contributed by atoms with Crippen molar-refractivity contribution < 1.29 is 19.5 Å². The normalized spacial score (nSPS) is 29.5. The molecule has 1 saturated heterocycles. The highest BCUT2D eigenvalue weighted by Gasteiger charge is 2.52. The second-order valence-corrected chi connectivity index (χ2v) is 8.43. The Labute approximate surface area is 155 Å². The van der Waals surface area contributed by atoms with Crippen LogP contribution in [0.15, 0.2) is 24.3 Å². The molecule has 2 N–H and O–H groups in total. The van der Waals surface area contributed by atoms with Gasteiger partial charge in [-0.05, 0) is 25.0 Å². The third-order valence-corrected chi connectivity index (χ3v) is 7.17. The molecule has 128 valence electrons. The number of nitrogens with one attached hydrogen (secondary N) is 1. The first-order valence-corrected chi connectivity index (χ1v) is 9.42. The highest BCUT2D eigenvalue weighted by Crippen LogP contribution is 2.43. The van der Waals surface area contributed by atoms with Gasteiger partial charge in [0.05, 0.1) is 11.8 Å². The summed E-state index contributed by atoms with van der Waals surface area (Å²) in [6.07, 6.45) is 1.16. The molecule has 1 aromatic rings. The summed E-state index contributed by atoms with van der Waals surface area (Å²) >= 11 is 7.05. The van der Waals surface area contributed by atoms with Crippen molar-refractivity contribution in [1.82, 2.24) is 4.90 Å². The van der Waals surface area contributed by atoms with Crippen LogP contribution in [0.2, 0.25) is 0 Å². The molecule has 0 bridgehead atoms. The lowest BCUT2D eigenvalue weighted by molar-refractivity contribution is -0.142. The standard InChI is InChI=1S/C16H16Br2N2O4/c17-12-5-10-11(6-13(12)18)16(24)20(15(10)23)7-14(22)19-8-2-1-3-9(21)4-8/h1-4,10-13,21H,5-7H2,(H,19,22)/t10-,11+,12-,13-/m0/s1. The Bertz CT molecular complexity index is 668. The van der Waals surface area contributed by atoms with E-state index in [4.69, 9.17) is 0 Å². The predicted octanol–water partition coefficient (Wildman–Crippen LogP) is 2.25. The SMILES string of the molecule is O=C(CN1C(=O)[C@H]2C[C@H](Br)[C@@H](Br)C[C@H]2C1=O)Nc1cccc(O)c1. The van der Waals surface area contributed by atoms with Crippen LogP contribution in [0.4, 0.5) is 5.69 Å². The minimum Gasteiger partial charge on any atom is -0.508 e. The lowest BCUT2D eigenvalue weighted by Gasteiger charge is -2.29. The number of carbonyl (C=O) groups excluding carboxylic acids is 3. The summed E-state index contributed by atoms with van der Waals surface area (Å²) in [6.45, 7) is -0.305. The van der Waals surface area contributed by atoms with Gasteiger partial charge in [-0.1, -0.05) is 37.9 Å². The van der Waals surface area contributed by atoms with Crippen molar-refractivity contribution in [2.24, 2.45) is 11.8 Å². The molecule has 1 aromatic carbocycles. The van der Waals surface area contributed by atoms with Crippen molar-refractivity contribution >= 4 is 55.3 Å². The number of phenolic OH excluding ortho intramolecular Hbond substituents is 1. The fourth-order valence-corrected chi connectivity index (χ4v) is 4.48. The first kappa shape index (κ1) is 17.4. The van der Waals surface area contributed by atoms with Crippen LogP contribution in [0.5, 0.6) is 5.75 Å². The zero-order chi connectivity index (χ0) is 17.4. The number of hydrogen-bond acceptors (Lipinski definition) is 4. The highest BCUT2D eigenvalue weighted by molar-refractivity contribution is 9.12. The van der Waals surface area contributed by atoms with Gasteiger partial charge in [0.15, 0.2) is 0 Å². The number of hydrogen-bond donors (Lipinski definition) is 2. The maximum absolute atomic E-state index is 12.5. The number of imide groups is 1. The van der Waals surface area contributed by atoms with Crippen LogP contribution in [0.3, 0.4) is 0 Å². The monoisotopic (exact) mass is 458 g/mol. The van der Waals surface area contributed by atoms with Gasteiger partial charge < -0.3 is 10.4 Å². The molecular formula is C16H16Br2N2O4. The first-order valence-electron chi connectivity index (χ1n) is 7.59. The number of rotatable bonds is 3. The number of carbonyl (C=O) groups is 3. The quantitative estimate of drug-likeness (QED) is 0.536. The molecular weight excluding hydrogens is 444 g/mol. The van der Waals surface area contributed by atoms with Crippen LogP contribution < -0.4 is 5.32 Å². The third-order valence-electron chi connectivity index (χ3n) is 4.43. The van der Waals surface area contributed by atoms with Crippen molar-refractivity contribution in [3.05, 3.63) is 24.3 Å². The van der Waals surface area contributed by atoms with Crippen molar-refractivity contribution in [2.75, 3.05) is 11.9 Å². The summed E-state index contributed by atoms with van der Waals surface area (Å²) in [5, 5.41) is 12.0. The van der Waals surface area contributed by atoms with Gasteiger partial charge in [-0.25, -0.2) is 0 Å². The molecule has 2 aliphatic rings. The summed E-state index contributed by atoms with van der Waals surface area (Å²) in [7, 11) is 0. The topological polar surface area (TPSA) is 86.7 Å². The van der Waals surface area contributed by atoms with Crippen LogP contribution in [-0.4, -0.2) is 43.9 Å². The van der Waals surface area contributed by atoms with Crippen LogP contribution >= 0.6 is 31.9 Å². The van der Waals surface area contributed by atoms with Gasteiger partial charge in [-0.2, -0.15) is 0 Å². The molecule has 0 radical (unpaired) electrons. The molecule has 8 heteroatoms. The number of aromatic hydroxyl groups is 1. The van der Waals surface area contributed by atoms with Gasteiger partial charge in [0.1, 0.15) is 12.3 Å². The van der Waals surface area contributed by atoms with E-state index in [-0.39, 0.29) is 45.6 Å². The fourth-order valence-electron chi connectivity index (χ4n) is 3.25. The molecule has 2 fully saturated rings. The van der Waals surface area contributed by atoms with Gasteiger partial charge in [0, 0.05) is 21.4 Å². The second-order valence-electron chi connectivity index (χ2n) is 6.08. The number of phenols is 1. The van der Waals surface area contributed by atoms with Crippen LogP contribution in [0.25, 0.3) is 0 Å². The zero-order valence-corrected chi connectivity index (χ0v) is 15.8. The van der Waals surface area contributed by atoms with E-state index in [2.05, 4.69) is 37.2 Å². The summed E-state index contributed by atoms with van der Waals surface area (Å²) in [5.41, 5.74) is 0.414. The Hall–Kier alpha value is -1.41. The Morgan fingerprint density at radius 1 is 1.17 bits per heavy atom. The number of likely N-dealkylation sites (tertiary alicyclic amines) is 1. The molecule has 1 aliphatic heterocycles. The molecule has 1 saturated carbocycles. The number of amides is 3. The van der Waals surface area contributed by atoms with E-state index in [1.807, 2.05) is 0 Å². The summed E-state index contributed by atoms with van der Waals surface area (Å²) in [5.74, 6) is -1.71. The molecule has 4 atom stereocenters. The van der Waals surface area contributed by atoms with Gasteiger partial charge in [-0.3, -0.25) is 19.3 Å². The fraction of sp³-hybridized carbons (Fsp3) is 0.438. The predicted molar refractivity (Wildman–Crippen MR) is 95.1 cm³/mol. The van der Waals surface area contributed by atoms with Crippen LogP contribution in [-0.2, 0) is 14.4 Å². The minimum absolute atomic E-state index is 0.0267. The van der Waals surface area contributed by atoms with E-state index >= 15 is 0 Å². The van der Waals surface area contributed by atoms with Gasteiger partial charge >= 0.3 is 0 Å². The average Bonchev–Trinajstić information content (AvgIpc) is 2.73. The van der Waals surface area contributed by atoms with Crippen LogP contribution in [0.1, 0.15) is 12.8 Å². The Morgan fingerprint density at radius 2 is 1.75 bits per heavy atom. The molecule has 6 nitrogen and oxygen atoms in total. The summed E-state index contributed by atoms with van der Waals surface area (Å²) in [6, 6.07) is 6.10. The minimum atomic E-state index is -0.466. The average molecular weight is 460 g/mol. The molecule has 3 amide bonds. The number of halogens is 2. The largest absolute Gasteiger partial charge is 0.508 e. The van der Waals surface area contributed by atoms with E-state index in [1.54, 1.807) is 12.1 Å². The van der Waals surface area contributed by atoms with Gasteiger partial charge in [-0.15, -0.1) is 0 Å². The molecule has 24 heavy (non-hydrogen) atoms. The maximum atomic E-state index is 12.5. The molecule has 0 spiro atoms. The van der Waals surface area contributed by atoms with Crippen molar-refractivity contribution in [1.29, 1.82) is 0 Å². The van der Waals surface area contributed by atoms with Crippen molar-refractivity contribution in [3.63, 3.8) is 0 Å². The van der Waals surface area contributed by atoms with E-state index in [0.717, 1.165) is 4.90 Å². The highest BCUT2D eigenvalue weighted by atomic mass is 79.9. The molecule has 0 unspecified atom stereocenters. The number of anilines is 1. The second kappa shape index (κ2) is 6.84. The zero-order valence-electron chi connectivity index (χ0n) is 12.6. The van der Waals surface area contributed by atoms with E-state index < -0.39 is 5.91 Å². The lowest BCUT2D eigenvalue weighted by Crippen LogP contribution is -2.38. The van der Waals surface area contributed by atoms with Crippen LogP contribution in [0, 0.1) is 11.8 Å². The summed E-state index contributed by atoms with van der Waals surface area (Å²) in [4.78, 5) is 38.5. The Morgan fingerprint density at radius 3 is 2.29 bits per heavy atom. The summed E-state index contributed by atoms with van der Waals surface area (Å²) < 4.78 is 0. The Balaban J connectivity index is 1.68. The molecule has 3 rings (SSSR count). The number of benzene rings is 1.